The number of anilines is 1. The summed E-state index contributed by atoms with van der Waals surface area (Å²) < 4.78 is 5.64. The molecular formula is C13H20N4O. The van der Waals surface area contributed by atoms with Crippen LogP contribution in [0.15, 0.2) is 0 Å². The number of hydrogen-bond acceptors (Lipinski definition) is 5. The van der Waals surface area contributed by atoms with Gasteiger partial charge in [0.1, 0.15) is 11.6 Å². The van der Waals surface area contributed by atoms with E-state index in [1.54, 1.807) is 0 Å². The maximum absolute atomic E-state index is 5.64. The van der Waals surface area contributed by atoms with Crippen LogP contribution in [0.25, 0.3) is 0 Å². The van der Waals surface area contributed by atoms with E-state index in [1.165, 1.54) is 24.1 Å². The summed E-state index contributed by atoms with van der Waals surface area (Å²) in [5.74, 6) is 7.26. The minimum Gasteiger partial charge on any atom is -0.378 e. The Hall–Kier alpha value is -1.20. The highest BCUT2D eigenvalue weighted by Crippen LogP contribution is 2.26. The third kappa shape index (κ3) is 2.33. The normalized spacial score (nSPS) is 22.8. The van der Waals surface area contributed by atoms with Gasteiger partial charge in [0, 0.05) is 24.3 Å². The number of rotatable bonds is 3. The minimum absolute atomic E-state index is 0.289. The molecule has 1 atom stereocenters. The van der Waals surface area contributed by atoms with Crippen molar-refractivity contribution < 1.29 is 4.74 Å². The molecule has 98 valence electrons. The number of aromatic nitrogens is 2. The number of nitrogens with two attached hydrogens (primary N) is 1. The van der Waals surface area contributed by atoms with Crippen molar-refractivity contribution in [1.82, 2.24) is 9.97 Å². The lowest BCUT2D eigenvalue weighted by Crippen LogP contribution is -2.20. The van der Waals surface area contributed by atoms with E-state index in [2.05, 4.69) is 10.4 Å². The first-order valence-electron chi connectivity index (χ1n) is 6.83. The molecule has 1 aliphatic heterocycles. The molecule has 18 heavy (non-hydrogen) atoms. The molecule has 0 spiro atoms. The first kappa shape index (κ1) is 11.9. The van der Waals surface area contributed by atoms with Gasteiger partial charge in [-0.15, -0.1) is 0 Å². The van der Waals surface area contributed by atoms with E-state index in [-0.39, 0.29) is 6.10 Å². The second-order valence-corrected chi connectivity index (χ2v) is 5.10. The molecule has 5 heteroatoms. The van der Waals surface area contributed by atoms with Crippen LogP contribution in [0.4, 0.5) is 5.82 Å². The molecule has 2 aliphatic rings. The van der Waals surface area contributed by atoms with Crippen LogP contribution in [0, 0.1) is 0 Å². The topological polar surface area (TPSA) is 73.1 Å². The van der Waals surface area contributed by atoms with Crippen LogP contribution in [0.5, 0.6) is 0 Å². The van der Waals surface area contributed by atoms with Crippen molar-refractivity contribution in [3.05, 3.63) is 17.1 Å². The second-order valence-electron chi connectivity index (χ2n) is 5.10. The third-order valence-electron chi connectivity index (χ3n) is 3.80. The highest BCUT2D eigenvalue weighted by molar-refractivity contribution is 5.46. The number of fused-ring (bicyclic) bond motifs is 1. The molecular weight excluding hydrogens is 228 g/mol. The van der Waals surface area contributed by atoms with Gasteiger partial charge in [-0.1, -0.05) is 0 Å². The molecule has 1 fully saturated rings. The molecule has 0 amide bonds. The summed E-state index contributed by atoms with van der Waals surface area (Å²) in [5.41, 5.74) is 5.11. The summed E-state index contributed by atoms with van der Waals surface area (Å²) in [6.07, 6.45) is 7.87. The van der Waals surface area contributed by atoms with E-state index in [1.807, 2.05) is 0 Å². The molecule has 3 N–H and O–H groups in total. The number of hydrazine groups is 1. The molecule has 0 aromatic carbocycles. The Morgan fingerprint density at radius 1 is 1.22 bits per heavy atom. The van der Waals surface area contributed by atoms with Gasteiger partial charge in [-0.2, -0.15) is 0 Å². The van der Waals surface area contributed by atoms with Crippen LogP contribution in [0.3, 0.4) is 0 Å². The average Bonchev–Trinajstić information content (AvgIpc) is 2.90. The summed E-state index contributed by atoms with van der Waals surface area (Å²) in [6, 6.07) is 0. The minimum atomic E-state index is 0.289. The van der Waals surface area contributed by atoms with E-state index in [0.29, 0.717) is 0 Å². The number of nitrogens with one attached hydrogen (secondary N) is 1. The van der Waals surface area contributed by atoms with Crippen molar-refractivity contribution in [3.63, 3.8) is 0 Å². The molecule has 0 radical (unpaired) electrons. The van der Waals surface area contributed by atoms with Gasteiger partial charge >= 0.3 is 0 Å². The van der Waals surface area contributed by atoms with Gasteiger partial charge in [0.15, 0.2) is 0 Å². The number of aryl methyl sites for hydroxylation is 1. The van der Waals surface area contributed by atoms with Crippen molar-refractivity contribution in [1.29, 1.82) is 0 Å². The Morgan fingerprint density at radius 3 is 2.89 bits per heavy atom. The first-order chi connectivity index (χ1) is 8.86. The molecule has 0 saturated carbocycles. The number of nitrogen functional groups attached to an aromatic ring is 1. The van der Waals surface area contributed by atoms with E-state index in [0.717, 1.165) is 50.4 Å². The maximum atomic E-state index is 5.64. The molecule has 3 rings (SSSR count). The molecule has 5 nitrogen and oxygen atoms in total. The summed E-state index contributed by atoms with van der Waals surface area (Å²) in [4.78, 5) is 9.24. The number of nitrogens with zero attached hydrogens (tertiary/aromatic N) is 2. The monoisotopic (exact) mass is 248 g/mol. The van der Waals surface area contributed by atoms with Crippen molar-refractivity contribution in [2.45, 2.75) is 51.0 Å². The first-order valence-corrected chi connectivity index (χ1v) is 6.83. The Kier molecular flexibility index (Phi) is 3.43. The number of ether oxygens (including phenoxy) is 1. The predicted octanol–water partition coefficient (Wildman–Crippen LogP) is 1.36. The van der Waals surface area contributed by atoms with Crippen LogP contribution in [-0.4, -0.2) is 22.7 Å². The zero-order chi connectivity index (χ0) is 12.4. The molecule has 1 unspecified atom stereocenters. The Morgan fingerprint density at radius 2 is 2.11 bits per heavy atom. The standard InChI is InChI=1S/C13H20N4O/c14-17-13-10-5-1-2-6-11(10)15-12(16-13)8-9-4-3-7-18-9/h9H,1-8,14H2,(H,15,16,17). The Labute approximate surface area is 107 Å². The van der Waals surface area contributed by atoms with Crippen LogP contribution in [0.2, 0.25) is 0 Å². The fourth-order valence-electron chi connectivity index (χ4n) is 2.86. The SMILES string of the molecule is NNc1nc(CC2CCCO2)nc2c1CCCC2. The van der Waals surface area contributed by atoms with Gasteiger partial charge in [-0.3, -0.25) is 0 Å². The molecule has 0 bridgehead atoms. The van der Waals surface area contributed by atoms with E-state index >= 15 is 0 Å². The lowest BCUT2D eigenvalue weighted by molar-refractivity contribution is 0.110. The zero-order valence-electron chi connectivity index (χ0n) is 10.6. The van der Waals surface area contributed by atoms with Crippen LogP contribution < -0.4 is 11.3 Å². The largest absolute Gasteiger partial charge is 0.378 e. The van der Waals surface area contributed by atoms with Gasteiger partial charge in [0.2, 0.25) is 0 Å². The van der Waals surface area contributed by atoms with Crippen LogP contribution in [0.1, 0.15) is 42.8 Å². The van der Waals surface area contributed by atoms with E-state index in [4.69, 9.17) is 15.6 Å². The number of hydrogen-bond donors (Lipinski definition) is 2. The van der Waals surface area contributed by atoms with Gasteiger partial charge in [-0.25, -0.2) is 15.8 Å². The molecule has 1 saturated heterocycles. The van der Waals surface area contributed by atoms with Gasteiger partial charge < -0.3 is 10.2 Å². The summed E-state index contributed by atoms with van der Waals surface area (Å²) in [5, 5.41) is 0. The summed E-state index contributed by atoms with van der Waals surface area (Å²) in [6.45, 7) is 0.873. The molecule has 2 heterocycles. The maximum Gasteiger partial charge on any atom is 0.147 e. The quantitative estimate of drug-likeness (QED) is 0.624. The van der Waals surface area contributed by atoms with Gasteiger partial charge in [0.05, 0.1) is 6.10 Å². The highest BCUT2D eigenvalue weighted by Gasteiger charge is 2.21. The summed E-state index contributed by atoms with van der Waals surface area (Å²) >= 11 is 0. The zero-order valence-corrected chi connectivity index (χ0v) is 10.6. The van der Waals surface area contributed by atoms with Crippen molar-refractivity contribution >= 4 is 5.82 Å². The van der Waals surface area contributed by atoms with Crippen LogP contribution >= 0.6 is 0 Å². The fraction of sp³-hybridized carbons (Fsp3) is 0.692. The highest BCUT2D eigenvalue weighted by atomic mass is 16.5. The Balaban J connectivity index is 1.85. The van der Waals surface area contributed by atoms with E-state index < -0.39 is 0 Å². The lowest BCUT2D eigenvalue weighted by atomic mass is 9.96. The van der Waals surface area contributed by atoms with Crippen molar-refractivity contribution in [2.75, 3.05) is 12.0 Å². The van der Waals surface area contributed by atoms with Gasteiger partial charge in [-0.05, 0) is 38.5 Å². The fourth-order valence-corrected chi connectivity index (χ4v) is 2.86. The summed E-state index contributed by atoms with van der Waals surface area (Å²) in [7, 11) is 0. The lowest BCUT2D eigenvalue weighted by Gasteiger charge is -2.19. The van der Waals surface area contributed by atoms with Crippen molar-refractivity contribution in [2.24, 2.45) is 5.84 Å². The average molecular weight is 248 g/mol. The Bertz CT molecular complexity index is 412. The molecule has 1 aromatic rings. The molecule has 1 aliphatic carbocycles. The van der Waals surface area contributed by atoms with E-state index in [9.17, 15) is 0 Å². The smallest absolute Gasteiger partial charge is 0.147 e. The van der Waals surface area contributed by atoms with Crippen LogP contribution in [-0.2, 0) is 24.0 Å². The predicted molar refractivity (Wildman–Crippen MR) is 69.2 cm³/mol. The third-order valence-corrected chi connectivity index (χ3v) is 3.80. The second kappa shape index (κ2) is 5.20. The van der Waals surface area contributed by atoms with Gasteiger partial charge in [0.25, 0.3) is 0 Å². The van der Waals surface area contributed by atoms with Crippen molar-refractivity contribution in [3.8, 4) is 0 Å². The molecule has 1 aromatic heterocycles.